The van der Waals surface area contributed by atoms with Crippen molar-refractivity contribution in [2.75, 3.05) is 34.5 Å². The molecular weight excluding hydrogens is 444 g/mol. The highest BCUT2D eigenvalue weighted by Crippen LogP contribution is 2.31. The molecule has 0 fully saturated rings. The zero-order chi connectivity index (χ0) is 24.7. The van der Waals surface area contributed by atoms with Gasteiger partial charge >= 0.3 is 18.0 Å². The van der Waals surface area contributed by atoms with E-state index in [2.05, 4.69) is 10.6 Å². The normalized spacial score (nSPS) is 15.1. The number of hydrogen-bond donors (Lipinski definition) is 2. The maximum atomic E-state index is 12.9. The lowest BCUT2D eigenvalue weighted by molar-refractivity contribution is -0.139. The molecule has 2 N–H and O–H groups in total. The number of nitrogens with one attached hydrogen (secondary N) is 2. The van der Waals surface area contributed by atoms with Gasteiger partial charge in [-0.05, 0) is 36.8 Å². The van der Waals surface area contributed by atoms with Crippen LogP contribution in [-0.2, 0) is 14.3 Å². The summed E-state index contributed by atoms with van der Waals surface area (Å²) >= 11 is 0. The van der Waals surface area contributed by atoms with E-state index < -0.39 is 30.6 Å². The molecule has 0 bridgehead atoms. The molecule has 0 saturated heterocycles. The number of carbonyl (C=O) groups excluding carboxylic acids is 3. The summed E-state index contributed by atoms with van der Waals surface area (Å²) in [4.78, 5) is 38.2. The second kappa shape index (κ2) is 11.1. The van der Waals surface area contributed by atoms with Crippen molar-refractivity contribution < 1.29 is 38.1 Å². The Balaban J connectivity index is 1.96. The molecule has 0 spiro atoms. The highest BCUT2D eigenvalue weighted by molar-refractivity contribution is 5.97. The van der Waals surface area contributed by atoms with Gasteiger partial charge in [-0.15, -0.1) is 0 Å². The fourth-order valence-corrected chi connectivity index (χ4v) is 3.49. The Labute approximate surface area is 196 Å². The van der Waals surface area contributed by atoms with Gasteiger partial charge in [0.05, 0.1) is 45.2 Å². The molecule has 2 amide bonds. The molecule has 2 aromatic carbocycles. The van der Waals surface area contributed by atoms with Gasteiger partial charge in [0, 0.05) is 0 Å². The monoisotopic (exact) mass is 470 g/mol. The number of hydrogen-bond acceptors (Lipinski definition) is 8. The SMILES string of the molecule is CCOC(=O)C1=C(COC(=O)c2c(OC)cccc2OC)NC(=O)NC1c1ccc(OC)cc1. The summed E-state index contributed by atoms with van der Waals surface area (Å²) in [5, 5.41) is 5.27. The molecule has 0 saturated carbocycles. The molecule has 34 heavy (non-hydrogen) atoms. The van der Waals surface area contributed by atoms with Gasteiger partial charge in [-0.3, -0.25) is 0 Å². The Morgan fingerprint density at radius 3 is 2.09 bits per heavy atom. The van der Waals surface area contributed by atoms with Crippen LogP contribution in [0, 0.1) is 0 Å². The van der Waals surface area contributed by atoms with Gasteiger partial charge in [0.15, 0.2) is 0 Å². The summed E-state index contributed by atoms with van der Waals surface area (Å²) in [5.41, 5.74) is 0.920. The maximum Gasteiger partial charge on any atom is 0.346 e. The second-order valence-corrected chi connectivity index (χ2v) is 7.03. The minimum absolute atomic E-state index is 0.0813. The van der Waals surface area contributed by atoms with Crippen molar-refractivity contribution in [3.8, 4) is 17.2 Å². The van der Waals surface area contributed by atoms with E-state index in [0.717, 1.165) is 0 Å². The molecule has 10 nitrogen and oxygen atoms in total. The fourth-order valence-electron chi connectivity index (χ4n) is 3.49. The average Bonchev–Trinajstić information content (AvgIpc) is 2.86. The lowest BCUT2D eigenvalue weighted by Gasteiger charge is -2.29. The maximum absolute atomic E-state index is 12.9. The predicted molar refractivity (Wildman–Crippen MR) is 121 cm³/mol. The molecule has 1 aliphatic rings. The van der Waals surface area contributed by atoms with Crippen molar-refractivity contribution >= 4 is 18.0 Å². The Hall–Kier alpha value is -4.21. The van der Waals surface area contributed by atoms with E-state index in [9.17, 15) is 14.4 Å². The zero-order valence-corrected chi connectivity index (χ0v) is 19.3. The Kier molecular flexibility index (Phi) is 7.96. The molecule has 1 unspecified atom stereocenters. The smallest absolute Gasteiger partial charge is 0.346 e. The van der Waals surface area contributed by atoms with Crippen molar-refractivity contribution in [1.29, 1.82) is 0 Å². The number of carbonyl (C=O) groups is 3. The van der Waals surface area contributed by atoms with E-state index in [1.54, 1.807) is 49.4 Å². The van der Waals surface area contributed by atoms with Gasteiger partial charge in [-0.2, -0.15) is 0 Å². The van der Waals surface area contributed by atoms with Gasteiger partial charge in [0.2, 0.25) is 0 Å². The number of ether oxygens (including phenoxy) is 5. The van der Waals surface area contributed by atoms with E-state index in [0.29, 0.717) is 11.3 Å². The predicted octanol–water partition coefficient (Wildman–Crippen LogP) is 2.74. The van der Waals surface area contributed by atoms with Gasteiger partial charge in [0.25, 0.3) is 0 Å². The van der Waals surface area contributed by atoms with Crippen LogP contribution >= 0.6 is 0 Å². The summed E-state index contributed by atoms with van der Waals surface area (Å²) < 4.78 is 26.3. The summed E-state index contributed by atoms with van der Waals surface area (Å²) in [6, 6.07) is 10.3. The van der Waals surface area contributed by atoms with Crippen molar-refractivity contribution in [2.45, 2.75) is 13.0 Å². The number of urea groups is 1. The minimum Gasteiger partial charge on any atom is -0.497 e. The first-order chi connectivity index (χ1) is 16.4. The lowest BCUT2D eigenvalue weighted by Crippen LogP contribution is -2.47. The van der Waals surface area contributed by atoms with E-state index in [1.165, 1.54) is 21.3 Å². The third kappa shape index (κ3) is 5.22. The first-order valence-corrected chi connectivity index (χ1v) is 10.4. The van der Waals surface area contributed by atoms with Crippen LogP contribution < -0.4 is 24.8 Å². The third-order valence-electron chi connectivity index (χ3n) is 5.08. The van der Waals surface area contributed by atoms with Gasteiger partial charge in [0.1, 0.15) is 29.4 Å². The van der Waals surface area contributed by atoms with E-state index in [4.69, 9.17) is 23.7 Å². The number of esters is 2. The summed E-state index contributed by atoms with van der Waals surface area (Å²) in [7, 11) is 4.37. The van der Waals surface area contributed by atoms with Crippen LogP contribution in [0.25, 0.3) is 0 Å². The van der Waals surface area contributed by atoms with Crippen LogP contribution in [0.4, 0.5) is 4.79 Å². The van der Waals surface area contributed by atoms with Crippen molar-refractivity contribution in [3.05, 3.63) is 64.9 Å². The fraction of sp³-hybridized carbons (Fsp3) is 0.292. The summed E-state index contributed by atoms with van der Waals surface area (Å²) in [6.07, 6.45) is 0. The zero-order valence-electron chi connectivity index (χ0n) is 19.3. The molecule has 1 atom stereocenters. The van der Waals surface area contributed by atoms with Crippen LogP contribution in [0.3, 0.4) is 0 Å². The standard InChI is InChI=1S/C24H26N2O8/c1-5-33-22(27)19-16(13-34-23(28)20-17(31-3)7-6-8-18(20)32-4)25-24(29)26-21(19)14-9-11-15(30-2)12-10-14/h6-12,21H,5,13H2,1-4H3,(H2,25,26,29). The Morgan fingerprint density at radius 2 is 1.53 bits per heavy atom. The van der Waals surface area contributed by atoms with Crippen LogP contribution in [0.15, 0.2) is 53.7 Å². The second-order valence-electron chi connectivity index (χ2n) is 7.03. The molecule has 1 aliphatic heterocycles. The van der Waals surface area contributed by atoms with E-state index in [1.807, 2.05) is 0 Å². The number of amides is 2. The van der Waals surface area contributed by atoms with Crippen molar-refractivity contribution in [3.63, 3.8) is 0 Å². The van der Waals surface area contributed by atoms with Crippen molar-refractivity contribution in [2.24, 2.45) is 0 Å². The average molecular weight is 470 g/mol. The van der Waals surface area contributed by atoms with Crippen LogP contribution in [-0.4, -0.2) is 52.5 Å². The molecule has 180 valence electrons. The lowest BCUT2D eigenvalue weighted by atomic mass is 9.95. The van der Waals surface area contributed by atoms with Gasteiger partial charge < -0.3 is 34.3 Å². The molecule has 10 heteroatoms. The minimum atomic E-state index is -0.826. The summed E-state index contributed by atoms with van der Waals surface area (Å²) in [6.45, 7) is 1.40. The topological polar surface area (TPSA) is 121 Å². The van der Waals surface area contributed by atoms with Crippen molar-refractivity contribution in [1.82, 2.24) is 10.6 Å². The Morgan fingerprint density at radius 1 is 0.882 bits per heavy atom. The molecule has 2 aromatic rings. The molecule has 0 aromatic heterocycles. The molecule has 1 heterocycles. The van der Waals surface area contributed by atoms with Crippen LogP contribution in [0.2, 0.25) is 0 Å². The number of benzene rings is 2. The largest absolute Gasteiger partial charge is 0.497 e. The molecular formula is C24H26N2O8. The van der Waals surface area contributed by atoms with Crippen LogP contribution in [0.1, 0.15) is 28.9 Å². The van der Waals surface area contributed by atoms with Gasteiger partial charge in [-0.25, -0.2) is 14.4 Å². The quantitative estimate of drug-likeness (QED) is 0.537. The summed E-state index contributed by atoms with van der Waals surface area (Å²) in [5.74, 6) is -0.273. The van der Waals surface area contributed by atoms with Gasteiger partial charge in [-0.1, -0.05) is 18.2 Å². The third-order valence-corrected chi connectivity index (χ3v) is 5.08. The first kappa shape index (κ1) is 24.4. The molecule has 3 rings (SSSR count). The number of rotatable bonds is 9. The molecule has 0 aliphatic carbocycles. The molecule has 0 radical (unpaired) electrons. The van der Waals surface area contributed by atoms with Crippen LogP contribution in [0.5, 0.6) is 17.2 Å². The van der Waals surface area contributed by atoms with E-state index >= 15 is 0 Å². The Bertz CT molecular complexity index is 1070. The number of methoxy groups -OCH3 is 3. The highest BCUT2D eigenvalue weighted by Gasteiger charge is 2.34. The van der Waals surface area contributed by atoms with E-state index in [-0.39, 0.29) is 34.9 Å². The first-order valence-electron chi connectivity index (χ1n) is 10.4. The highest BCUT2D eigenvalue weighted by atomic mass is 16.5.